The minimum absolute atomic E-state index is 0.118. The van der Waals surface area contributed by atoms with Gasteiger partial charge in [0, 0.05) is 11.3 Å². The fourth-order valence-corrected chi connectivity index (χ4v) is 2.52. The van der Waals surface area contributed by atoms with Gasteiger partial charge < -0.3 is 4.74 Å². The van der Waals surface area contributed by atoms with Crippen LogP contribution in [0.5, 0.6) is 0 Å². The molecule has 0 bridgehead atoms. The van der Waals surface area contributed by atoms with Crippen LogP contribution in [0.1, 0.15) is 12.8 Å². The zero-order valence-electron chi connectivity index (χ0n) is 9.81. The first-order chi connectivity index (χ1) is 7.76. The first kappa shape index (κ1) is 13.2. The third-order valence-corrected chi connectivity index (χ3v) is 3.85. The SMILES string of the molecule is CBC(CCC(=O)OC)Sc1ccccc1. The standard InChI is InChI=1S/C12H17BO2S/c1-13-11(8-9-12(14)15-2)16-10-6-4-3-5-7-10/h3-7,11,13H,8-9H2,1-2H3. The maximum Gasteiger partial charge on any atom is 0.305 e. The van der Waals surface area contributed by atoms with Gasteiger partial charge in [-0.3, -0.25) is 4.79 Å². The topological polar surface area (TPSA) is 26.3 Å². The normalized spacial score (nSPS) is 11.9. The Morgan fingerprint density at radius 3 is 2.69 bits per heavy atom. The van der Waals surface area contributed by atoms with Crippen LogP contribution >= 0.6 is 11.8 Å². The lowest BCUT2D eigenvalue weighted by Crippen LogP contribution is -2.12. The zero-order chi connectivity index (χ0) is 11.8. The Hall–Kier alpha value is -0.895. The zero-order valence-corrected chi connectivity index (χ0v) is 10.6. The first-order valence-corrected chi connectivity index (χ1v) is 6.42. The molecule has 1 aromatic rings. The molecule has 2 nitrogen and oxygen atoms in total. The van der Waals surface area contributed by atoms with E-state index in [2.05, 4.69) is 23.7 Å². The third kappa shape index (κ3) is 4.75. The minimum atomic E-state index is -0.118. The van der Waals surface area contributed by atoms with Crippen molar-refractivity contribution in [2.75, 3.05) is 7.11 Å². The van der Waals surface area contributed by atoms with E-state index in [4.69, 9.17) is 0 Å². The highest BCUT2D eigenvalue weighted by atomic mass is 32.2. The van der Waals surface area contributed by atoms with Gasteiger partial charge in [0.05, 0.1) is 7.11 Å². The number of methoxy groups -OCH3 is 1. The van der Waals surface area contributed by atoms with Gasteiger partial charge in [0.1, 0.15) is 7.28 Å². The van der Waals surface area contributed by atoms with Gasteiger partial charge in [-0.1, -0.05) is 25.0 Å². The van der Waals surface area contributed by atoms with Crippen LogP contribution in [0, 0.1) is 0 Å². The predicted octanol–water partition coefficient (Wildman–Crippen LogP) is 2.54. The van der Waals surface area contributed by atoms with Crippen molar-refractivity contribution in [3.63, 3.8) is 0 Å². The molecule has 1 rings (SSSR count). The number of ether oxygens (including phenoxy) is 1. The van der Waals surface area contributed by atoms with Gasteiger partial charge in [-0.15, -0.1) is 11.8 Å². The molecule has 4 heteroatoms. The molecule has 1 aromatic carbocycles. The second kappa shape index (κ2) is 7.39. The first-order valence-electron chi connectivity index (χ1n) is 5.54. The highest BCUT2D eigenvalue weighted by Gasteiger charge is 2.11. The van der Waals surface area contributed by atoms with Gasteiger partial charge in [0.15, 0.2) is 0 Å². The lowest BCUT2D eigenvalue weighted by atomic mass is 9.75. The van der Waals surface area contributed by atoms with Crippen LogP contribution in [0.3, 0.4) is 0 Å². The van der Waals surface area contributed by atoms with Crippen LogP contribution in [-0.2, 0) is 9.53 Å². The smallest absolute Gasteiger partial charge is 0.305 e. The van der Waals surface area contributed by atoms with Crippen molar-refractivity contribution in [1.82, 2.24) is 0 Å². The fraction of sp³-hybridized carbons (Fsp3) is 0.417. The summed E-state index contributed by atoms with van der Waals surface area (Å²) in [5, 5.41) is 0.488. The molecule has 0 aliphatic carbocycles. The van der Waals surface area contributed by atoms with Crippen LogP contribution in [0.15, 0.2) is 35.2 Å². The molecule has 0 aromatic heterocycles. The molecule has 0 spiro atoms. The average molecular weight is 236 g/mol. The molecule has 0 radical (unpaired) electrons. The number of carbonyl (C=O) groups excluding carboxylic acids is 1. The second-order valence-electron chi connectivity index (χ2n) is 3.58. The minimum Gasteiger partial charge on any atom is -0.469 e. The van der Waals surface area contributed by atoms with Crippen molar-refractivity contribution in [2.45, 2.75) is 29.7 Å². The van der Waals surface area contributed by atoms with Crippen LogP contribution in [-0.4, -0.2) is 25.5 Å². The quantitative estimate of drug-likeness (QED) is 0.431. The third-order valence-electron chi connectivity index (χ3n) is 2.40. The lowest BCUT2D eigenvalue weighted by Gasteiger charge is -2.12. The van der Waals surface area contributed by atoms with Crippen LogP contribution in [0.25, 0.3) is 0 Å². The molecule has 86 valence electrons. The molecular weight excluding hydrogens is 219 g/mol. The number of thioether (sulfide) groups is 1. The molecule has 0 amide bonds. The molecule has 1 unspecified atom stereocenters. The van der Waals surface area contributed by atoms with Crippen LogP contribution in [0.2, 0.25) is 6.82 Å². The van der Waals surface area contributed by atoms with Crippen molar-refractivity contribution in [3.8, 4) is 0 Å². The number of esters is 1. The summed E-state index contributed by atoms with van der Waals surface area (Å²) < 4.78 is 4.65. The summed E-state index contributed by atoms with van der Waals surface area (Å²) in [6.07, 6.45) is 1.39. The molecule has 0 fully saturated rings. The summed E-state index contributed by atoms with van der Waals surface area (Å²) in [7, 11) is 2.50. The molecular formula is C12H17BO2S. The Morgan fingerprint density at radius 2 is 2.12 bits per heavy atom. The highest BCUT2D eigenvalue weighted by Crippen LogP contribution is 2.25. The Labute approximate surface area is 102 Å². The lowest BCUT2D eigenvalue weighted by molar-refractivity contribution is -0.140. The molecule has 16 heavy (non-hydrogen) atoms. The van der Waals surface area contributed by atoms with Gasteiger partial charge in [-0.05, 0) is 23.7 Å². The maximum absolute atomic E-state index is 11.1. The molecule has 0 heterocycles. The van der Waals surface area contributed by atoms with Crippen molar-refractivity contribution in [2.24, 2.45) is 0 Å². The number of rotatable bonds is 6. The largest absolute Gasteiger partial charge is 0.469 e. The predicted molar refractivity (Wildman–Crippen MR) is 70.4 cm³/mol. The molecule has 0 saturated heterocycles. The summed E-state index contributed by atoms with van der Waals surface area (Å²) >= 11 is 1.83. The number of carbonyl (C=O) groups is 1. The van der Waals surface area contributed by atoms with E-state index in [1.54, 1.807) is 0 Å². The van der Waals surface area contributed by atoms with Crippen molar-refractivity contribution in [3.05, 3.63) is 30.3 Å². The van der Waals surface area contributed by atoms with Crippen molar-refractivity contribution >= 4 is 25.0 Å². The second-order valence-corrected chi connectivity index (χ2v) is 4.95. The van der Waals surface area contributed by atoms with E-state index in [9.17, 15) is 4.79 Å². The summed E-state index contributed by atoms with van der Waals surface area (Å²) in [4.78, 5) is 12.3. The van der Waals surface area contributed by atoms with Gasteiger partial charge in [-0.25, -0.2) is 0 Å². The molecule has 1 atom stereocenters. The number of hydrogen-bond donors (Lipinski definition) is 0. The van der Waals surface area contributed by atoms with E-state index in [1.165, 1.54) is 12.0 Å². The summed E-state index contributed by atoms with van der Waals surface area (Å²) in [6, 6.07) is 10.3. The van der Waals surface area contributed by atoms with Crippen molar-refractivity contribution in [1.29, 1.82) is 0 Å². The Morgan fingerprint density at radius 1 is 1.44 bits per heavy atom. The summed E-state index contributed by atoms with van der Waals surface area (Å²) in [5.41, 5.74) is 0. The Balaban J connectivity index is 2.40. The summed E-state index contributed by atoms with van der Waals surface area (Å²) in [5.74, 6) is -0.118. The Kier molecular flexibility index (Phi) is 6.08. The van der Waals surface area contributed by atoms with Gasteiger partial charge in [0.25, 0.3) is 0 Å². The van der Waals surface area contributed by atoms with Gasteiger partial charge in [-0.2, -0.15) is 0 Å². The monoisotopic (exact) mass is 236 g/mol. The summed E-state index contributed by atoms with van der Waals surface area (Å²) in [6.45, 7) is 2.15. The fourth-order valence-electron chi connectivity index (χ4n) is 1.42. The van der Waals surface area contributed by atoms with E-state index < -0.39 is 0 Å². The van der Waals surface area contributed by atoms with Crippen molar-refractivity contribution < 1.29 is 9.53 Å². The molecule has 0 aliphatic rings. The number of hydrogen-bond acceptors (Lipinski definition) is 3. The van der Waals surface area contributed by atoms with Gasteiger partial charge >= 0.3 is 5.97 Å². The highest BCUT2D eigenvalue weighted by molar-refractivity contribution is 8.01. The average Bonchev–Trinajstić information content (AvgIpc) is 2.35. The van der Waals surface area contributed by atoms with Crippen LogP contribution in [0.4, 0.5) is 0 Å². The molecule has 0 aliphatic heterocycles. The Bertz CT molecular complexity index is 316. The number of benzene rings is 1. The molecule has 0 saturated carbocycles. The van der Waals surface area contributed by atoms with E-state index in [-0.39, 0.29) is 5.97 Å². The van der Waals surface area contributed by atoms with Gasteiger partial charge in [0.2, 0.25) is 0 Å². The van der Waals surface area contributed by atoms with E-state index >= 15 is 0 Å². The van der Waals surface area contributed by atoms with Crippen LogP contribution < -0.4 is 0 Å². The van der Waals surface area contributed by atoms with E-state index in [1.807, 2.05) is 30.0 Å². The van der Waals surface area contributed by atoms with E-state index in [0.717, 1.165) is 13.7 Å². The maximum atomic E-state index is 11.1. The van der Waals surface area contributed by atoms with E-state index in [0.29, 0.717) is 11.6 Å². The molecule has 0 N–H and O–H groups in total.